The van der Waals surface area contributed by atoms with Crippen LogP contribution in [0.2, 0.25) is 0 Å². The highest BCUT2D eigenvalue weighted by Gasteiger charge is 2.12. The second-order valence-electron chi connectivity index (χ2n) is 4.62. The van der Waals surface area contributed by atoms with Crippen molar-refractivity contribution in [1.82, 2.24) is 14.3 Å². The van der Waals surface area contributed by atoms with Gasteiger partial charge in [-0.05, 0) is 28.1 Å². The quantitative estimate of drug-likeness (QED) is 0.661. The third-order valence-electron chi connectivity index (χ3n) is 3.20. The summed E-state index contributed by atoms with van der Waals surface area (Å²) in [6.07, 6.45) is 3.94. The Kier molecular flexibility index (Phi) is 3.88. The highest BCUT2D eigenvalue weighted by molar-refractivity contribution is 9.10. The third kappa shape index (κ3) is 2.94. The number of aliphatic imine (C=N–C) groups is 1. The maximum absolute atomic E-state index is 5.99. The van der Waals surface area contributed by atoms with Crippen molar-refractivity contribution < 1.29 is 4.74 Å². The van der Waals surface area contributed by atoms with Crippen LogP contribution in [0.3, 0.4) is 0 Å². The number of rotatable bonds is 2. The SMILES string of the molecule is NC(=NCc1cn2cc(Br)ccc2n1)N1CCOCC1. The standard InChI is InChI=1S/C13H16BrN5O/c14-10-1-2-12-17-11(9-19(12)8-10)7-16-13(15)18-3-5-20-6-4-18/h1-2,8-9H,3-7H2,(H2,15,16). The zero-order valence-corrected chi connectivity index (χ0v) is 12.6. The lowest BCUT2D eigenvalue weighted by Gasteiger charge is -2.27. The number of morpholine rings is 1. The monoisotopic (exact) mass is 337 g/mol. The van der Waals surface area contributed by atoms with Gasteiger partial charge in [0.15, 0.2) is 5.96 Å². The van der Waals surface area contributed by atoms with Crippen LogP contribution in [-0.2, 0) is 11.3 Å². The molecule has 6 nitrogen and oxygen atoms in total. The topological polar surface area (TPSA) is 68.1 Å². The molecule has 106 valence electrons. The lowest BCUT2D eigenvalue weighted by molar-refractivity contribution is 0.0674. The molecule has 2 aromatic heterocycles. The number of halogens is 1. The molecule has 1 aliphatic rings. The molecule has 20 heavy (non-hydrogen) atoms. The first-order valence-corrected chi connectivity index (χ1v) is 7.27. The molecular weight excluding hydrogens is 322 g/mol. The molecule has 3 rings (SSSR count). The van der Waals surface area contributed by atoms with Gasteiger partial charge in [-0.15, -0.1) is 0 Å². The van der Waals surface area contributed by atoms with E-state index >= 15 is 0 Å². The fourth-order valence-electron chi connectivity index (χ4n) is 2.15. The van der Waals surface area contributed by atoms with E-state index in [-0.39, 0.29) is 0 Å². The predicted octanol–water partition coefficient (Wildman–Crippen LogP) is 1.24. The van der Waals surface area contributed by atoms with E-state index in [0.29, 0.717) is 25.7 Å². The number of ether oxygens (including phenoxy) is 1. The van der Waals surface area contributed by atoms with Crippen LogP contribution in [0.4, 0.5) is 0 Å². The number of nitrogens with zero attached hydrogens (tertiary/aromatic N) is 4. The summed E-state index contributed by atoms with van der Waals surface area (Å²) < 4.78 is 8.28. The van der Waals surface area contributed by atoms with Gasteiger partial charge in [-0.25, -0.2) is 9.98 Å². The van der Waals surface area contributed by atoms with E-state index in [1.54, 1.807) is 0 Å². The molecule has 0 saturated carbocycles. The number of pyridine rings is 1. The predicted molar refractivity (Wildman–Crippen MR) is 80.6 cm³/mol. The van der Waals surface area contributed by atoms with Crippen LogP contribution >= 0.6 is 15.9 Å². The Morgan fingerprint density at radius 2 is 2.15 bits per heavy atom. The molecule has 2 aromatic rings. The van der Waals surface area contributed by atoms with E-state index in [1.165, 1.54) is 0 Å². The van der Waals surface area contributed by atoms with Gasteiger partial charge in [-0.3, -0.25) is 0 Å². The lowest BCUT2D eigenvalue weighted by atomic mass is 10.4. The number of aromatic nitrogens is 2. The summed E-state index contributed by atoms with van der Waals surface area (Å²) in [6, 6.07) is 3.93. The average Bonchev–Trinajstić information content (AvgIpc) is 2.87. The molecule has 0 amide bonds. The fourth-order valence-corrected chi connectivity index (χ4v) is 2.50. The summed E-state index contributed by atoms with van der Waals surface area (Å²) in [7, 11) is 0. The van der Waals surface area contributed by atoms with E-state index in [9.17, 15) is 0 Å². The minimum absolute atomic E-state index is 0.489. The summed E-state index contributed by atoms with van der Waals surface area (Å²) in [5.41, 5.74) is 7.80. The molecule has 0 bridgehead atoms. The van der Waals surface area contributed by atoms with Crippen molar-refractivity contribution in [1.29, 1.82) is 0 Å². The first-order chi connectivity index (χ1) is 9.72. The van der Waals surface area contributed by atoms with Gasteiger partial charge in [0, 0.05) is 30.0 Å². The van der Waals surface area contributed by atoms with Gasteiger partial charge in [-0.2, -0.15) is 0 Å². The van der Waals surface area contributed by atoms with Crippen LogP contribution < -0.4 is 5.73 Å². The highest BCUT2D eigenvalue weighted by atomic mass is 79.9. The first-order valence-electron chi connectivity index (χ1n) is 6.48. The molecule has 0 spiro atoms. The van der Waals surface area contributed by atoms with Gasteiger partial charge >= 0.3 is 0 Å². The van der Waals surface area contributed by atoms with Crippen LogP contribution in [0.15, 0.2) is 34.0 Å². The molecular formula is C13H16BrN5O. The van der Waals surface area contributed by atoms with Crippen LogP contribution in [0.25, 0.3) is 5.65 Å². The van der Waals surface area contributed by atoms with Gasteiger partial charge in [0.05, 0.1) is 25.5 Å². The zero-order valence-electron chi connectivity index (χ0n) is 11.0. The van der Waals surface area contributed by atoms with Gasteiger partial charge in [-0.1, -0.05) is 0 Å². The smallest absolute Gasteiger partial charge is 0.191 e. The van der Waals surface area contributed by atoms with Crippen LogP contribution in [0.5, 0.6) is 0 Å². The molecule has 7 heteroatoms. The Morgan fingerprint density at radius 3 is 2.95 bits per heavy atom. The van der Waals surface area contributed by atoms with Gasteiger partial charge in [0.2, 0.25) is 0 Å². The van der Waals surface area contributed by atoms with Crippen LogP contribution in [0, 0.1) is 0 Å². The molecule has 1 aliphatic heterocycles. The number of hydrogen-bond donors (Lipinski definition) is 1. The van der Waals surface area contributed by atoms with Crippen molar-refractivity contribution in [3.8, 4) is 0 Å². The molecule has 0 radical (unpaired) electrons. The van der Waals surface area contributed by atoms with Crippen molar-refractivity contribution in [3.05, 3.63) is 34.7 Å². The lowest BCUT2D eigenvalue weighted by Crippen LogP contribution is -2.44. The molecule has 0 aromatic carbocycles. The summed E-state index contributed by atoms with van der Waals surface area (Å²) in [5.74, 6) is 0.562. The number of nitrogens with two attached hydrogens (primary N) is 1. The largest absolute Gasteiger partial charge is 0.378 e. The average molecular weight is 338 g/mol. The highest BCUT2D eigenvalue weighted by Crippen LogP contribution is 2.13. The third-order valence-corrected chi connectivity index (χ3v) is 3.67. The van der Waals surface area contributed by atoms with E-state index < -0.39 is 0 Å². The Hall–Kier alpha value is -1.60. The Balaban J connectivity index is 1.72. The minimum atomic E-state index is 0.489. The van der Waals surface area contributed by atoms with Crippen molar-refractivity contribution in [3.63, 3.8) is 0 Å². The fraction of sp³-hybridized carbons (Fsp3) is 0.385. The number of fused-ring (bicyclic) bond motifs is 1. The maximum Gasteiger partial charge on any atom is 0.191 e. The number of guanidine groups is 1. The maximum atomic E-state index is 5.99. The summed E-state index contributed by atoms with van der Waals surface area (Å²) in [4.78, 5) is 11.0. The number of imidazole rings is 1. The van der Waals surface area contributed by atoms with Crippen molar-refractivity contribution in [2.24, 2.45) is 10.7 Å². The Bertz CT molecular complexity index is 633. The molecule has 0 unspecified atom stereocenters. The summed E-state index contributed by atoms with van der Waals surface area (Å²) in [6.45, 7) is 3.50. The minimum Gasteiger partial charge on any atom is -0.378 e. The second-order valence-corrected chi connectivity index (χ2v) is 5.53. The van der Waals surface area contributed by atoms with Crippen LogP contribution in [0.1, 0.15) is 5.69 Å². The molecule has 0 aliphatic carbocycles. The Labute approximate surface area is 125 Å². The number of hydrogen-bond acceptors (Lipinski definition) is 3. The van der Waals surface area contributed by atoms with E-state index in [2.05, 4.69) is 25.9 Å². The van der Waals surface area contributed by atoms with Crippen molar-refractivity contribution >= 4 is 27.5 Å². The molecule has 0 atom stereocenters. The first kappa shape index (κ1) is 13.4. The normalized spacial score (nSPS) is 16.9. The zero-order chi connectivity index (χ0) is 13.9. The summed E-state index contributed by atoms with van der Waals surface area (Å²) >= 11 is 3.44. The van der Waals surface area contributed by atoms with E-state index in [0.717, 1.165) is 28.9 Å². The van der Waals surface area contributed by atoms with Crippen molar-refractivity contribution in [2.45, 2.75) is 6.54 Å². The van der Waals surface area contributed by atoms with Gasteiger partial charge in [0.1, 0.15) is 5.65 Å². The molecule has 1 saturated heterocycles. The van der Waals surface area contributed by atoms with E-state index in [1.807, 2.05) is 33.8 Å². The van der Waals surface area contributed by atoms with E-state index in [4.69, 9.17) is 10.5 Å². The van der Waals surface area contributed by atoms with Gasteiger partial charge < -0.3 is 19.8 Å². The van der Waals surface area contributed by atoms with Crippen molar-refractivity contribution in [2.75, 3.05) is 26.3 Å². The second kappa shape index (κ2) is 5.80. The molecule has 3 heterocycles. The van der Waals surface area contributed by atoms with Gasteiger partial charge in [0.25, 0.3) is 0 Å². The molecule has 1 fully saturated rings. The van der Waals surface area contributed by atoms with Crippen LogP contribution in [-0.4, -0.2) is 46.5 Å². The summed E-state index contributed by atoms with van der Waals surface area (Å²) in [5, 5.41) is 0. The Morgan fingerprint density at radius 1 is 1.35 bits per heavy atom. The molecule has 2 N–H and O–H groups in total.